The number of nitrogens with one attached hydrogen (secondary N) is 4. The van der Waals surface area contributed by atoms with E-state index in [1.165, 1.54) is 44.9 Å². The molecule has 68 heavy (non-hydrogen) atoms. The van der Waals surface area contributed by atoms with Crippen molar-refractivity contribution in [2.45, 2.75) is 163 Å². The summed E-state index contributed by atoms with van der Waals surface area (Å²) >= 11 is 8.38. The number of amides is 3. The molecule has 1 heterocycles. The van der Waals surface area contributed by atoms with Gasteiger partial charge in [-0.1, -0.05) is 111 Å². The number of rotatable bonds is 48. The second-order valence-corrected chi connectivity index (χ2v) is 24.1. The number of unbranched alkanes of at least 4 members (excludes halogenated alkanes) is 14. The van der Waals surface area contributed by atoms with Gasteiger partial charge in [0.1, 0.15) is 25.0 Å². The number of Topliss-reactive ketones (excluding diaryl/α,β-unsaturated/α-hetero) is 1. The van der Waals surface area contributed by atoms with Gasteiger partial charge in [0, 0.05) is 50.5 Å². The van der Waals surface area contributed by atoms with Crippen LogP contribution in [0.25, 0.3) is 5.73 Å². The van der Waals surface area contributed by atoms with E-state index in [-0.39, 0.29) is 118 Å². The molecule has 0 aliphatic carbocycles. The third kappa shape index (κ3) is 46.8. The highest BCUT2D eigenvalue weighted by Gasteiger charge is 2.43. The number of ether oxygens (including phenoxy) is 4. The summed E-state index contributed by atoms with van der Waals surface area (Å²) < 4.78 is 21.4. The van der Waals surface area contributed by atoms with Gasteiger partial charge in [-0.15, -0.1) is 12.6 Å². The number of carboxylic acid groups (broad SMARTS) is 3. The minimum absolute atomic E-state index is 0.0294. The smallest absolute Gasteiger partial charge is 0.326 e. The van der Waals surface area contributed by atoms with E-state index >= 15 is 0 Å². The lowest BCUT2D eigenvalue weighted by atomic mass is 10.0. The molecule has 0 bridgehead atoms. The number of hydrogen-bond acceptors (Lipinski definition) is 17. The maximum atomic E-state index is 12.3. The monoisotopic (exact) mass is 1080 g/mol. The fraction of sp³-hybridized carbons (Fsp3) is 0.841. The fourth-order valence-corrected chi connectivity index (χ4v) is 11.9. The average molecular weight is 1080 g/mol. The van der Waals surface area contributed by atoms with Gasteiger partial charge < -0.3 is 56.0 Å². The maximum absolute atomic E-state index is 12.3. The average Bonchev–Trinajstić information content (AvgIpc) is 4.04. The lowest BCUT2D eigenvalue weighted by Gasteiger charge is -2.14. The van der Waals surface area contributed by atoms with Gasteiger partial charge >= 0.3 is 11.9 Å². The van der Waals surface area contributed by atoms with Crippen LogP contribution in [0, 0.1) is 0 Å². The zero-order valence-electron chi connectivity index (χ0n) is 39.6. The lowest BCUT2D eigenvalue weighted by molar-refractivity contribution is -0.142. The molecule has 0 radical (unpaired) electrons. The van der Waals surface area contributed by atoms with Crippen LogP contribution < -0.4 is 16.0 Å². The van der Waals surface area contributed by atoms with Gasteiger partial charge in [-0.25, -0.2) is 4.79 Å². The van der Waals surface area contributed by atoms with E-state index in [1.54, 1.807) is 43.2 Å². The minimum Gasteiger partial charge on any atom is -0.665 e. The van der Waals surface area contributed by atoms with Gasteiger partial charge in [-0.2, -0.15) is 12.6 Å². The second kappa shape index (κ2) is 46.5. The van der Waals surface area contributed by atoms with Crippen LogP contribution in [0.2, 0.25) is 0 Å². The van der Waals surface area contributed by atoms with E-state index in [4.69, 9.17) is 34.9 Å². The zero-order chi connectivity index (χ0) is 50.5. The van der Waals surface area contributed by atoms with Crippen LogP contribution in [-0.4, -0.2) is 143 Å². The molecule has 1 rings (SSSR count). The fourth-order valence-electron chi connectivity index (χ4n) is 6.13. The normalized spacial score (nSPS) is 13.4. The van der Waals surface area contributed by atoms with Gasteiger partial charge in [0.05, 0.1) is 33.0 Å². The van der Waals surface area contributed by atoms with Crippen molar-refractivity contribution < 1.29 is 67.8 Å². The van der Waals surface area contributed by atoms with Crippen molar-refractivity contribution >= 4 is 110 Å². The molecule has 1 aliphatic heterocycles. The van der Waals surface area contributed by atoms with Gasteiger partial charge in [0.15, 0.2) is 2.74 Å². The molecular weight excluding hydrogens is 1000 g/mol. The van der Waals surface area contributed by atoms with Gasteiger partial charge in [-0.3, -0.25) is 28.8 Å². The number of carbonyl (C=O) groups excluding carboxylic acids is 4. The molecule has 0 aromatic heterocycles. The predicted octanol–water partition coefficient (Wildman–Crippen LogP) is 8.18. The molecule has 0 saturated carbocycles. The molecule has 24 heteroatoms. The molecular formula is C44H79N4O14S6-. The van der Waals surface area contributed by atoms with E-state index in [1.807, 2.05) is 0 Å². The molecule has 7 N–H and O–H groups in total. The Labute approximate surface area is 430 Å². The Balaban J connectivity index is 0.00000503. The van der Waals surface area contributed by atoms with E-state index in [0.717, 1.165) is 43.6 Å². The number of aliphatic carboxylic acids is 3. The summed E-state index contributed by atoms with van der Waals surface area (Å²) in [6.07, 6.45) is 17.7. The molecule has 18 nitrogen and oxygen atoms in total. The van der Waals surface area contributed by atoms with Crippen molar-refractivity contribution in [2.24, 2.45) is 0 Å². The first-order valence-corrected chi connectivity index (χ1v) is 29.3. The van der Waals surface area contributed by atoms with Crippen LogP contribution in [-0.2, 0) is 52.5 Å². The number of hydrogen-bond donors (Lipinski definition) is 8. The summed E-state index contributed by atoms with van der Waals surface area (Å²) in [5, 5.41) is 35.6. The molecule has 3 amide bonds. The third-order valence-electron chi connectivity index (χ3n) is 9.90. The first-order valence-electron chi connectivity index (χ1n) is 23.7. The van der Waals surface area contributed by atoms with E-state index in [0.29, 0.717) is 38.8 Å². The van der Waals surface area contributed by atoms with Gasteiger partial charge in [0.25, 0.3) is 5.97 Å². The van der Waals surface area contributed by atoms with Crippen molar-refractivity contribution in [1.82, 2.24) is 16.0 Å². The number of carbonyl (C=O) groups is 7. The SMILES string of the molecule is SCSSC1(S)SS1.[NH-][C@@H](CCCCNC(=O)COCCOCCNC(=O)COCCOCCCC(=O)CC[C@H](NC(=O)CCCCCCCCCCCCCCCCC(=O)O)C(=O)O)C(=O)O. The van der Waals surface area contributed by atoms with Gasteiger partial charge in [-0.05, 0) is 59.7 Å². The van der Waals surface area contributed by atoms with Crippen molar-refractivity contribution in [1.29, 1.82) is 0 Å². The zero-order valence-corrected chi connectivity index (χ0v) is 44.6. The molecule has 1 fully saturated rings. The van der Waals surface area contributed by atoms with Crippen LogP contribution in [0.5, 0.6) is 0 Å². The Morgan fingerprint density at radius 3 is 1.54 bits per heavy atom. The van der Waals surface area contributed by atoms with E-state index in [2.05, 4.69) is 41.2 Å². The molecule has 396 valence electrons. The summed E-state index contributed by atoms with van der Waals surface area (Å²) in [6.45, 7) is 1.73. The Morgan fingerprint density at radius 1 is 0.544 bits per heavy atom. The minimum atomic E-state index is -1.16. The molecule has 2 atom stereocenters. The molecule has 1 saturated heterocycles. The number of ketones is 1. The maximum Gasteiger partial charge on any atom is 0.326 e. The Bertz CT molecular complexity index is 1380. The summed E-state index contributed by atoms with van der Waals surface area (Å²) in [6, 6.07) is -2.25. The summed E-state index contributed by atoms with van der Waals surface area (Å²) in [4.78, 5) is 81.0. The highest BCUT2D eigenvalue weighted by molar-refractivity contribution is 9.07. The van der Waals surface area contributed by atoms with Crippen LogP contribution in [0.1, 0.15) is 148 Å². The van der Waals surface area contributed by atoms with Crippen LogP contribution in [0.4, 0.5) is 0 Å². The summed E-state index contributed by atoms with van der Waals surface area (Å²) in [5.74, 6) is -4.08. The number of thiol groups is 2. The molecule has 0 spiro atoms. The third-order valence-corrected chi connectivity index (χ3v) is 18.8. The topological polar surface area (TPSA) is 277 Å². The van der Waals surface area contributed by atoms with Crippen LogP contribution >= 0.6 is 68.4 Å². The molecule has 0 aromatic carbocycles. The first kappa shape index (κ1) is 66.4. The van der Waals surface area contributed by atoms with Crippen molar-refractivity contribution in [2.75, 3.05) is 71.0 Å². The summed E-state index contributed by atoms with van der Waals surface area (Å²) in [7, 11) is 7.11. The predicted molar refractivity (Wildman–Crippen MR) is 279 cm³/mol. The highest BCUT2D eigenvalue weighted by atomic mass is 33.2. The number of carboxylic acids is 3. The quantitative estimate of drug-likeness (QED) is 0.00937. The van der Waals surface area contributed by atoms with E-state index in [9.17, 15) is 38.7 Å². The van der Waals surface area contributed by atoms with Gasteiger partial charge in [0.2, 0.25) is 17.7 Å². The van der Waals surface area contributed by atoms with E-state index < -0.39 is 30.0 Å². The second-order valence-electron chi connectivity index (χ2n) is 15.9. The van der Waals surface area contributed by atoms with Crippen LogP contribution in [0.15, 0.2) is 0 Å². The molecule has 0 unspecified atom stereocenters. The highest BCUT2D eigenvalue weighted by Crippen LogP contribution is 2.75. The molecule has 1 aliphatic rings. The first-order chi connectivity index (χ1) is 32.7. The van der Waals surface area contributed by atoms with Crippen LogP contribution in [0.3, 0.4) is 0 Å². The Hall–Kier alpha value is -1.61. The van der Waals surface area contributed by atoms with Crippen molar-refractivity contribution in [3.8, 4) is 0 Å². The molecule has 0 aromatic rings. The largest absolute Gasteiger partial charge is 0.665 e. The Morgan fingerprint density at radius 2 is 1.04 bits per heavy atom. The van der Waals surface area contributed by atoms with Crippen molar-refractivity contribution in [3.63, 3.8) is 0 Å². The van der Waals surface area contributed by atoms with Crippen molar-refractivity contribution in [3.05, 3.63) is 5.73 Å². The lowest BCUT2D eigenvalue weighted by Crippen LogP contribution is -2.41. The standard InChI is InChI=1S/C42H75N4O14.C2H4S6/c43-35(41(53)54)19-15-16-24-44-38(49)32-60-31-29-58-27-25-45-39(50)33-59-30-28-57-26-17-18-34(47)22-23-36(42(55)56)46-37(48)20-13-11-9-7-5-3-1-2-4-6-8-10-12-14-21-40(51)52;3-1-5-6-2(4)7-8-2/h35-36,43H,1-33H2,(H,44,49)(H,45,50)(H,46,48)(H,51,52)(H,53,54)(H,55,56);3-4H,1H2/q-1;/t35-,36-;/m0./s1. The Kier molecular flexibility index (Phi) is 45.4. The summed E-state index contributed by atoms with van der Waals surface area (Å²) in [5.41, 5.74) is 7.30.